The molecule has 0 saturated carbocycles. The van der Waals surface area contributed by atoms with Gasteiger partial charge in [0.15, 0.2) is 11.6 Å². The number of nitrogens with one attached hydrogen (secondary N) is 3. The molecule has 5 amide bonds. The lowest BCUT2D eigenvalue weighted by molar-refractivity contribution is -0.145. The van der Waals surface area contributed by atoms with Crippen LogP contribution in [0.4, 0.5) is 4.79 Å². The van der Waals surface area contributed by atoms with Gasteiger partial charge in [0, 0.05) is 52.1 Å². The number of ether oxygens (including phenoxy) is 2. The van der Waals surface area contributed by atoms with Crippen molar-refractivity contribution in [3.05, 3.63) is 58.7 Å². The number of carbonyl (C=O) groups excluding carboxylic acids is 8. The first kappa shape index (κ1) is 46.8. The third kappa shape index (κ3) is 12.4. The number of rotatable bonds is 12. The number of Topliss-reactive ketones (excluding diaryl/α,β-unsaturated/α-hetero) is 2. The van der Waals surface area contributed by atoms with E-state index in [1.54, 1.807) is 40.7 Å². The Labute approximate surface area is 340 Å². The Balaban J connectivity index is 1.86. The van der Waals surface area contributed by atoms with E-state index in [-0.39, 0.29) is 44.6 Å². The number of fused-ring (bicyclic) bond motifs is 5. The zero-order valence-electron chi connectivity index (χ0n) is 35.6. The number of ketones is 2. The molecule has 1 aliphatic heterocycles. The number of hydrogen-bond acceptors (Lipinski definition) is 10. The molecule has 1 aliphatic rings. The number of hydrogen-bond donors (Lipinski definition) is 3. The normalized spacial score (nSPS) is 18.0. The Kier molecular flexibility index (Phi) is 16.3. The van der Waals surface area contributed by atoms with Crippen molar-refractivity contribution in [1.82, 2.24) is 25.8 Å². The summed E-state index contributed by atoms with van der Waals surface area (Å²) < 4.78 is 10.2. The molecular weight excluding hydrogens is 746 g/mol. The van der Waals surface area contributed by atoms with Crippen molar-refractivity contribution in [3.8, 4) is 11.1 Å². The minimum atomic E-state index is -1.16. The topological polar surface area (TPSA) is 198 Å². The number of methoxy groups -OCH3 is 1. The summed E-state index contributed by atoms with van der Waals surface area (Å²) in [6.45, 7) is 13.3. The highest BCUT2D eigenvalue weighted by atomic mass is 16.6. The number of aryl methyl sites for hydroxylation is 2. The van der Waals surface area contributed by atoms with Crippen molar-refractivity contribution in [3.63, 3.8) is 0 Å². The molecule has 0 fully saturated rings. The van der Waals surface area contributed by atoms with Crippen LogP contribution in [0.5, 0.6) is 0 Å². The molecule has 0 aliphatic carbocycles. The van der Waals surface area contributed by atoms with E-state index in [4.69, 9.17) is 9.47 Å². The fraction of sp³-hybridized carbons (Fsp3) is 0.535. The summed E-state index contributed by atoms with van der Waals surface area (Å²) in [7, 11) is 4.13. The van der Waals surface area contributed by atoms with E-state index in [0.717, 1.165) is 27.8 Å². The van der Waals surface area contributed by atoms with Gasteiger partial charge in [0.05, 0.1) is 19.7 Å². The monoisotopic (exact) mass is 805 g/mol. The molecule has 2 aromatic carbocycles. The second-order valence-corrected chi connectivity index (χ2v) is 15.9. The lowest BCUT2D eigenvalue weighted by Gasteiger charge is -2.30. The molecule has 3 N–H and O–H groups in total. The third-order valence-corrected chi connectivity index (χ3v) is 10.2. The van der Waals surface area contributed by atoms with E-state index in [0.29, 0.717) is 5.56 Å². The van der Waals surface area contributed by atoms with Crippen LogP contribution in [0.2, 0.25) is 0 Å². The highest BCUT2D eigenvalue weighted by molar-refractivity contribution is 5.96. The highest BCUT2D eigenvalue weighted by Gasteiger charge is 2.34. The molecule has 0 radical (unpaired) electrons. The van der Waals surface area contributed by atoms with Crippen molar-refractivity contribution in [2.45, 2.75) is 117 Å². The van der Waals surface area contributed by atoms with Gasteiger partial charge in [0.25, 0.3) is 0 Å². The number of alkyl carbamates (subject to hydrolysis) is 1. The summed E-state index contributed by atoms with van der Waals surface area (Å²) >= 11 is 0. The zero-order chi connectivity index (χ0) is 43.6. The SMILES string of the molecule is CCC(=O)N(C)[C@H](CNC(=O)OC(C)(C)C)C(=O)N[C@H](C)C(=O)CCC(=O)N(C)[C@@H]1C(=O)C[C@@H](C)C(=O)N[C@H](C(=O)OC)Cc2ccc(C)c(c2)-c2cc1ccc2C. The Bertz CT molecular complexity index is 1900. The summed E-state index contributed by atoms with van der Waals surface area (Å²) in [5, 5.41) is 7.85. The largest absolute Gasteiger partial charge is 0.467 e. The van der Waals surface area contributed by atoms with Gasteiger partial charge in [-0.2, -0.15) is 0 Å². The first-order valence-electron chi connectivity index (χ1n) is 19.5. The second-order valence-electron chi connectivity index (χ2n) is 15.9. The van der Waals surface area contributed by atoms with Crippen molar-refractivity contribution < 1.29 is 47.8 Å². The predicted molar refractivity (Wildman–Crippen MR) is 216 cm³/mol. The lowest BCUT2D eigenvalue weighted by Crippen LogP contribution is -2.55. The molecule has 0 unspecified atom stereocenters. The van der Waals surface area contributed by atoms with Crippen molar-refractivity contribution in [2.75, 3.05) is 27.7 Å². The van der Waals surface area contributed by atoms with Gasteiger partial charge < -0.3 is 35.2 Å². The fourth-order valence-corrected chi connectivity index (χ4v) is 6.68. The van der Waals surface area contributed by atoms with Crippen LogP contribution >= 0.6 is 0 Å². The molecule has 316 valence electrons. The first-order chi connectivity index (χ1) is 27.1. The van der Waals surface area contributed by atoms with Crippen molar-refractivity contribution in [1.29, 1.82) is 0 Å². The summed E-state index contributed by atoms with van der Waals surface area (Å²) in [5.41, 5.74) is 4.04. The first-order valence-corrected chi connectivity index (χ1v) is 19.5. The molecule has 3 rings (SSSR count). The van der Waals surface area contributed by atoms with E-state index in [9.17, 15) is 38.4 Å². The van der Waals surface area contributed by atoms with Gasteiger partial charge in [-0.15, -0.1) is 0 Å². The molecular formula is C43H59N5O10. The van der Waals surface area contributed by atoms with E-state index in [2.05, 4.69) is 16.0 Å². The maximum atomic E-state index is 14.2. The van der Waals surface area contributed by atoms with Gasteiger partial charge in [-0.05, 0) is 81.0 Å². The lowest BCUT2D eigenvalue weighted by atomic mass is 9.87. The second kappa shape index (κ2) is 20.2. The van der Waals surface area contributed by atoms with Crippen LogP contribution in [0.3, 0.4) is 0 Å². The summed E-state index contributed by atoms with van der Waals surface area (Å²) in [6.07, 6.45) is -1.34. The minimum absolute atomic E-state index is 0.0963. The van der Waals surface area contributed by atoms with Gasteiger partial charge in [-0.25, -0.2) is 9.59 Å². The van der Waals surface area contributed by atoms with Gasteiger partial charge in [0.1, 0.15) is 23.7 Å². The summed E-state index contributed by atoms with van der Waals surface area (Å²) in [5.74, 6) is -4.50. The zero-order valence-corrected chi connectivity index (χ0v) is 35.6. The number of nitrogens with zero attached hydrogens (tertiary/aromatic N) is 2. The molecule has 4 bridgehead atoms. The van der Waals surface area contributed by atoms with E-state index in [1.165, 1.54) is 37.9 Å². The van der Waals surface area contributed by atoms with Crippen LogP contribution in [0.1, 0.15) is 95.5 Å². The van der Waals surface area contributed by atoms with Gasteiger partial charge >= 0.3 is 12.1 Å². The average Bonchev–Trinajstić information content (AvgIpc) is 3.15. The maximum absolute atomic E-state index is 14.2. The van der Waals surface area contributed by atoms with Crippen LogP contribution in [-0.4, -0.2) is 109 Å². The van der Waals surface area contributed by atoms with Crippen LogP contribution < -0.4 is 16.0 Å². The van der Waals surface area contributed by atoms with E-state index >= 15 is 0 Å². The fourth-order valence-electron chi connectivity index (χ4n) is 6.68. The highest BCUT2D eigenvalue weighted by Crippen LogP contribution is 2.34. The molecule has 15 heteroatoms. The summed E-state index contributed by atoms with van der Waals surface area (Å²) in [4.78, 5) is 108. The molecule has 0 aromatic heterocycles. The van der Waals surface area contributed by atoms with Crippen LogP contribution in [0.25, 0.3) is 11.1 Å². The van der Waals surface area contributed by atoms with Crippen LogP contribution in [0.15, 0.2) is 36.4 Å². The molecule has 0 spiro atoms. The average molecular weight is 806 g/mol. The minimum Gasteiger partial charge on any atom is -0.467 e. The van der Waals surface area contributed by atoms with Crippen LogP contribution in [-0.2, 0) is 49.5 Å². The Hall–Kier alpha value is -5.60. The summed E-state index contributed by atoms with van der Waals surface area (Å²) in [6, 6.07) is 6.89. The third-order valence-electron chi connectivity index (χ3n) is 10.2. The number of amides is 5. The quantitative estimate of drug-likeness (QED) is 0.265. The smallest absolute Gasteiger partial charge is 0.407 e. The van der Waals surface area contributed by atoms with Crippen molar-refractivity contribution in [2.24, 2.45) is 5.92 Å². The van der Waals surface area contributed by atoms with Gasteiger partial charge in [-0.3, -0.25) is 28.8 Å². The van der Waals surface area contributed by atoms with E-state index in [1.807, 2.05) is 44.2 Å². The molecule has 15 nitrogen and oxygen atoms in total. The predicted octanol–water partition coefficient (Wildman–Crippen LogP) is 3.89. The maximum Gasteiger partial charge on any atom is 0.407 e. The molecule has 0 saturated heterocycles. The molecule has 5 atom stereocenters. The number of likely N-dealkylation sites (N-methyl/N-ethyl adjacent to an activating group) is 2. The number of carbonyl (C=O) groups is 8. The number of esters is 1. The Morgan fingerprint density at radius 1 is 0.914 bits per heavy atom. The Morgan fingerprint density at radius 2 is 1.53 bits per heavy atom. The number of benzene rings is 2. The van der Waals surface area contributed by atoms with Crippen molar-refractivity contribution >= 4 is 47.3 Å². The van der Waals surface area contributed by atoms with Crippen LogP contribution in [0, 0.1) is 19.8 Å². The van der Waals surface area contributed by atoms with Gasteiger partial charge in [-0.1, -0.05) is 44.2 Å². The molecule has 58 heavy (non-hydrogen) atoms. The van der Waals surface area contributed by atoms with Gasteiger partial charge in [0.2, 0.25) is 23.6 Å². The standard InChI is InChI=1S/C43H59N5O10/c1-12-36(51)47(9)33(23-44-42(56)58-43(6,7)8)40(54)45-27(5)34(49)17-18-37(52)48(10)38-29-16-14-25(3)31(22-29)30-20-28(15-13-24(30)2)21-32(41(55)57-11)46-39(53)26(4)19-35(38)50/h13-16,20,22,26-27,32-33,38H,12,17-19,21,23H2,1-11H3,(H,44,56)(H,45,54)(H,46,53)/t26-,27-,32+,33-,38+/m1/s1. The van der Waals surface area contributed by atoms with E-state index < -0.39 is 77.0 Å². The Morgan fingerprint density at radius 3 is 2.14 bits per heavy atom. The molecule has 2 aromatic rings. The molecule has 1 heterocycles.